The Morgan fingerprint density at radius 3 is 2.86 bits per heavy atom. The molecule has 2 bridgehead atoms. The van der Waals surface area contributed by atoms with Crippen LogP contribution in [0.15, 0.2) is 18.3 Å². The van der Waals surface area contributed by atoms with Crippen LogP contribution in [-0.2, 0) is 4.79 Å². The SMILES string of the molecule is CCC1CC2(C#N)CC(C2)N1C(=O)CC(C)c1c[nH]c2ccc(OC)c(F)c12. The van der Waals surface area contributed by atoms with Crippen molar-refractivity contribution in [1.29, 1.82) is 5.26 Å². The van der Waals surface area contributed by atoms with E-state index in [4.69, 9.17) is 4.74 Å². The lowest BCUT2D eigenvalue weighted by molar-refractivity contribution is -0.152. The van der Waals surface area contributed by atoms with Crippen molar-refractivity contribution in [3.63, 3.8) is 0 Å². The fraction of sp³-hybridized carbons (Fsp3) is 0.545. The summed E-state index contributed by atoms with van der Waals surface area (Å²) in [6.07, 6.45) is 5.34. The first-order chi connectivity index (χ1) is 13.4. The summed E-state index contributed by atoms with van der Waals surface area (Å²) in [6.45, 7) is 4.04. The third kappa shape index (κ3) is 2.76. The van der Waals surface area contributed by atoms with Crippen LogP contribution in [0.5, 0.6) is 5.75 Å². The zero-order chi connectivity index (χ0) is 20.1. The molecule has 1 amide bonds. The molecule has 5 rings (SSSR count). The molecule has 2 aliphatic heterocycles. The molecule has 3 fully saturated rings. The Balaban J connectivity index is 1.56. The van der Waals surface area contributed by atoms with Crippen molar-refractivity contribution < 1.29 is 13.9 Å². The third-order valence-corrected chi connectivity index (χ3v) is 6.67. The van der Waals surface area contributed by atoms with Crippen LogP contribution < -0.4 is 4.74 Å². The summed E-state index contributed by atoms with van der Waals surface area (Å²) >= 11 is 0. The molecule has 0 radical (unpaired) electrons. The predicted molar refractivity (Wildman–Crippen MR) is 104 cm³/mol. The number of nitrogens with zero attached hydrogens (tertiary/aromatic N) is 2. The number of carbonyl (C=O) groups is 1. The lowest BCUT2D eigenvalue weighted by Crippen LogP contribution is -2.63. The number of hydrogen-bond donors (Lipinski definition) is 1. The molecule has 3 aliphatic rings. The summed E-state index contributed by atoms with van der Waals surface area (Å²) in [6, 6.07) is 6.18. The highest BCUT2D eigenvalue weighted by molar-refractivity contribution is 5.87. The number of H-pyrrole nitrogens is 1. The first kappa shape index (κ1) is 18.8. The summed E-state index contributed by atoms with van der Waals surface area (Å²) in [5.41, 5.74) is 1.28. The van der Waals surface area contributed by atoms with Crippen LogP contribution >= 0.6 is 0 Å². The number of fused-ring (bicyclic) bond motifs is 3. The number of nitrogens with one attached hydrogen (secondary N) is 1. The summed E-state index contributed by atoms with van der Waals surface area (Å²) in [4.78, 5) is 18.3. The molecule has 1 aliphatic carbocycles. The zero-order valence-electron chi connectivity index (χ0n) is 16.6. The fourth-order valence-corrected chi connectivity index (χ4v) is 5.15. The van der Waals surface area contributed by atoms with E-state index in [1.807, 2.05) is 11.8 Å². The van der Waals surface area contributed by atoms with E-state index in [-0.39, 0.29) is 35.1 Å². The maximum Gasteiger partial charge on any atom is 0.223 e. The van der Waals surface area contributed by atoms with Gasteiger partial charge in [-0.3, -0.25) is 4.79 Å². The number of piperidine rings is 2. The first-order valence-corrected chi connectivity index (χ1v) is 9.99. The number of aromatic nitrogens is 1. The van der Waals surface area contributed by atoms with Gasteiger partial charge in [0, 0.05) is 35.6 Å². The number of hydrogen-bond acceptors (Lipinski definition) is 3. The van der Waals surface area contributed by atoms with Gasteiger partial charge < -0.3 is 14.6 Å². The third-order valence-electron chi connectivity index (χ3n) is 6.67. The Morgan fingerprint density at radius 1 is 1.46 bits per heavy atom. The molecule has 0 spiro atoms. The van der Waals surface area contributed by atoms with E-state index in [1.165, 1.54) is 7.11 Å². The highest BCUT2D eigenvalue weighted by Crippen LogP contribution is 2.53. The van der Waals surface area contributed by atoms with E-state index < -0.39 is 5.82 Å². The molecule has 1 aromatic carbocycles. The van der Waals surface area contributed by atoms with Gasteiger partial charge in [-0.05, 0) is 49.3 Å². The van der Waals surface area contributed by atoms with E-state index in [9.17, 15) is 14.4 Å². The normalized spacial score (nSPS) is 27.2. The maximum absolute atomic E-state index is 14.8. The molecule has 3 heterocycles. The number of aromatic amines is 1. The first-order valence-electron chi connectivity index (χ1n) is 9.99. The van der Waals surface area contributed by atoms with E-state index in [2.05, 4.69) is 18.0 Å². The summed E-state index contributed by atoms with van der Waals surface area (Å²) in [5.74, 6) is -0.203. The quantitative estimate of drug-likeness (QED) is 0.827. The lowest BCUT2D eigenvalue weighted by atomic mass is 9.58. The van der Waals surface area contributed by atoms with Crippen molar-refractivity contribution in [2.24, 2.45) is 5.41 Å². The zero-order valence-corrected chi connectivity index (χ0v) is 16.6. The van der Waals surface area contributed by atoms with Crippen molar-refractivity contribution >= 4 is 16.8 Å². The number of ether oxygens (including phenoxy) is 1. The molecule has 1 saturated carbocycles. The van der Waals surface area contributed by atoms with Gasteiger partial charge >= 0.3 is 0 Å². The van der Waals surface area contributed by atoms with Crippen LogP contribution in [-0.4, -0.2) is 35.0 Å². The molecule has 6 heteroatoms. The number of amides is 1. The molecule has 2 saturated heterocycles. The van der Waals surface area contributed by atoms with Crippen LogP contribution in [0.4, 0.5) is 4.39 Å². The maximum atomic E-state index is 14.8. The van der Waals surface area contributed by atoms with Crippen LogP contribution in [0.3, 0.4) is 0 Å². The number of benzene rings is 1. The molecule has 1 N–H and O–H groups in total. The van der Waals surface area contributed by atoms with Crippen molar-refractivity contribution in [3.05, 3.63) is 29.7 Å². The molecular weight excluding hydrogens is 357 g/mol. The predicted octanol–water partition coefficient (Wildman–Crippen LogP) is 4.49. The molecule has 148 valence electrons. The minimum Gasteiger partial charge on any atom is -0.494 e. The minimum atomic E-state index is -0.391. The van der Waals surface area contributed by atoms with Gasteiger partial charge in [0.2, 0.25) is 5.91 Å². The summed E-state index contributed by atoms with van der Waals surface area (Å²) in [5, 5.41) is 9.96. The second-order valence-electron chi connectivity index (χ2n) is 8.37. The molecule has 1 aromatic heterocycles. The van der Waals surface area contributed by atoms with E-state index >= 15 is 0 Å². The second-order valence-corrected chi connectivity index (χ2v) is 8.37. The van der Waals surface area contributed by atoms with Crippen LogP contribution in [0, 0.1) is 22.6 Å². The minimum absolute atomic E-state index is 0.105. The van der Waals surface area contributed by atoms with E-state index in [0.29, 0.717) is 17.3 Å². The smallest absolute Gasteiger partial charge is 0.223 e. The molecular formula is C22H26FN3O2. The number of nitriles is 1. The summed E-state index contributed by atoms with van der Waals surface area (Å²) < 4.78 is 19.9. The van der Waals surface area contributed by atoms with Crippen molar-refractivity contribution in [2.75, 3.05) is 7.11 Å². The van der Waals surface area contributed by atoms with Gasteiger partial charge in [0.15, 0.2) is 11.6 Å². The van der Waals surface area contributed by atoms with Gasteiger partial charge in [0.1, 0.15) is 0 Å². The van der Waals surface area contributed by atoms with Gasteiger partial charge in [-0.1, -0.05) is 13.8 Å². The molecule has 2 aromatic rings. The highest BCUT2D eigenvalue weighted by Gasteiger charge is 2.55. The van der Waals surface area contributed by atoms with Crippen molar-refractivity contribution in [3.8, 4) is 11.8 Å². The van der Waals surface area contributed by atoms with E-state index in [1.54, 1.807) is 18.3 Å². The van der Waals surface area contributed by atoms with Gasteiger partial charge in [0.05, 0.1) is 18.6 Å². The summed E-state index contributed by atoms with van der Waals surface area (Å²) in [7, 11) is 1.45. The Morgan fingerprint density at radius 2 is 2.21 bits per heavy atom. The average Bonchev–Trinajstić information content (AvgIpc) is 3.12. The lowest BCUT2D eigenvalue weighted by Gasteiger charge is -2.58. The molecule has 28 heavy (non-hydrogen) atoms. The van der Waals surface area contributed by atoms with E-state index in [0.717, 1.165) is 31.2 Å². The average molecular weight is 383 g/mol. The van der Waals surface area contributed by atoms with Gasteiger partial charge in [-0.25, -0.2) is 4.39 Å². The van der Waals surface area contributed by atoms with Crippen LogP contribution in [0.1, 0.15) is 57.4 Å². The Kier molecular flexibility index (Phi) is 4.57. The van der Waals surface area contributed by atoms with Crippen LogP contribution in [0.2, 0.25) is 0 Å². The number of carbonyl (C=O) groups excluding carboxylic acids is 1. The Hall–Kier alpha value is -2.55. The monoisotopic (exact) mass is 383 g/mol. The molecule has 2 unspecified atom stereocenters. The Labute approximate surface area is 164 Å². The van der Waals surface area contributed by atoms with Gasteiger partial charge in [-0.15, -0.1) is 0 Å². The highest BCUT2D eigenvalue weighted by atomic mass is 19.1. The van der Waals surface area contributed by atoms with Crippen LogP contribution in [0.25, 0.3) is 10.9 Å². The molecule has 2 atom stereocenters. The standard InChI is InChI=1S/C22H26FN3O2/c1-4-14-8-22(12-24)9-15(10-22)26(14)19(27)7-13(2)16-11-25-17-5-6-18(28-3)21(23)20(16)17/h5-6,11,13-15,25H,4,7-10H2,1-3H3. The second kappa shape index (κ2) is 6.80. The number of rotatable bonds is 5. The number of halogens is 1. The van der Waals surface area contributed by atoms with Crippen molar-refractivity contribution in [2.45, 2.75) is 64.0 Å². The Bertz CT molecular complexity index is 955. The van der Waals surface area contributed by atoms with Gasteiger partial charge in [-0.2, -0.15) is 5.26 Å². The number of methoxy groups -OCH3 is 1. The van der Waals surface area contributed by atoms with Gasteiger partial charge in [0.25, 0.3) is 0 Å². The van der Waals surface area contributed by atoms with Crippen molar-refractivity contribution in [1.82, 2.24) is 9.88 Å². The topological polar surface area (TPSA) is 69.1 Å². The largest absolute Gasteiger partial charge is 0.494 e. The fourth-order valence-electron chi connectivity index (χ4n) is 5.15. The molecule has 5 nitrogen and oxygen atoms in total.